The van der Waals surface area contributed by atoms with Gasteiger partial charge in [0, 0.05) is 5.56 Å². The second-order valence-electron chi connectivity index (χ2n) is 6.47. The Kier molecular flexibility index (Phi) is 5.63. The largest absolute Gasteiger partial charge is 0.497 e. The van der Waals surface area contributed by atoms with E-state index in [1.54, 1.807) is 55.6 Å². The molecule has 0 bridgehead atoms. The number of nitrogens with zero attached hydrogens (tertiary/aromatic N) is 2. The zero-order chi connectivity index (χ0) is 21.1. The summed E-state index contributed by atoms with van der Waals surface area (Å²) in [4.78, 5) is 30.4. The van der Waals surface area contributed by atoms with Crippen LogP contribution < -0.4 is 10.3 Å². The molecule has 0 amide bonds. The minimum atomic E-state index is -0.400. The van der Waals surface area contributed by atoms with Gasteiger partial charge in [-0.15, -0.1) is 0 Å². The number of para-hydroxylation sites is 1. The number of ketones is 1. The zero-order valence-corrected chi connectivity index (χ0v) is 16.9. The maximum atomic E-state index is 13.4. The number of benzene rings is 3. The van der Waals surface area contributed by atoms with E-state index in [1.165, 1.54) is 28.8 Å². The number of rotatable bonds is 6. The Hall–Kier alpha value is -3.45. The summed E-state index contributed by atoms with van der Waals surface area (Å²) in [6, 6.07) is 19.5. The molecule has 0 spiro atoms. The first-order valence-corrected chi connectivity index (χ1v) is 10.1. The number of thioether (sulfide) groups is 1. The molecule has 0 radical (unpaired) electrons. The molecule has 0 aliphatic rings. The van der Waals surface area contributed by atoms with Crippen molar-refractivity contribution in [2.24, 2.45) is 0 Å². The lowest BCUT2D eigenvalue weighted by Crippen LogP contribution is -2.22. The number of hydrogen-bond donors (Lipinski definition) is 0. The number of carbonyl (C=O) groups excluding carboxylic acids is 1. The SMILES string of the molecule is COc1cccc(C(=O)CSc2nc3ccccc3c(=O)n2-c2ccc(F)cc2)c1. The third-order valence-electron chi connectivity index (χ3n) is 4.55. The lowest BCUT2D eigenvalue weighted by molar-refractivity contribution is 0.102. The van der Waals surface area contributed by atoms with Crippen LogP contribution in [-0.4, -0.2) is 28.2 Å². The maximum Gasteiger partial charge on any atom is 0.266 e. The smallest absolute Gasteiger partial charge is 0.266 e. The molecule has 30 heavy (non-hydrogen) atoms. The van der Waals surface area contributed by atoms with Crippen LogP contribution in [0.2, 0.25) is 0 Å². The first-order valence-electron chi connectivity index (χ1n) is 9.14. The summed E-state index contributed by atoms with van der Waals surface area (Å²) in [6.45, 7) is 0. The van der Waals surface area contributed by atoms with Crippen molar-refractivity contribution in [3.63, 3.8) is 0 Å². The van der Waals surface area contributed by atoms with Crippen LogP contribution in [0.1, 0.15) is 10.4 Å². The Balaban J connectivity index is 1.73. The first kappa shape index (κ1) is 19.8. The number of ether oxygens (including phenoxy) is 1. The van der Waals surface area contributed by atoms with Crippen molar-refractivity contribution in [3.8, 4) is 11.4 Å². The van der Waals surface area contributed by atoms with Gasteiger partial charge >= 0.3 is 0 Å². The number of fused-ring (bicyclic) bond motifs is 1. The van der Waals surface area contributed by atoms with Crippen LogP contribution in [0.25, 0.3) is 16.6 Å². The van der Waals surface area contributed by atoms with Crippen molar-refractivity contribution in [1.82, 2.24) is 9.55 Å². The Morgan fingerprint density at radius 1 is 1.07 bits per heavy atom. The molecule has 7 heteroatoms. The molecule has 1 aromatic heterocycles. The summed E-state index contributed by atoms with van der Waals surface area (Å²) in [6.07, 6.45) is 0. The van der Waals surface area contributed by atoms with Gasteiger partial charge in [0.25, 0.3) is 5.56 Å². The van der Waals surface area contributed by atoms with Gasteiger partial charge in [0.15, 0.2) is 10.9 Å². The van der Waals surface area contributed by atoms with Crippen molar-refractivity contribution in [2.45, 2.75) is 5.16 Å². The molecule has 5 nitrogen and oxygen atoms in total. The lowest BCUT2D eigenvalue weighted by atomic mass is 10.1. The normalized spacial score (nSPS) is 10.9. The van der Waals surface area contributed by atoms with Gasteiger partial charge < -0.3 is 4.74 Å². The highest BCUT2D eigenvalue weighted by Gasteiger charge is 2.16. The summed E-state index contributed by atoms with van der Waals surface area (Å²) in [5, 5.41) is 0.812. The molecular weight excluding hydrogens is 403 g/mol. The van der Waals surface area contributed by atoms with E-state index in [-0.39, 0.29) is 17.1 Å². The summed E-state index contributed by atoms with van der Waals surface area (Å²) < 4.78 is 20.0. The molecule has 0 N–H and O–H groups in total. The van der Waals surface area contributed by atoms with Crippen LogP contribution in [0.3, 0.4) is 0 Å². The highest BCUT2D eigenvalue weighted by Crippen LogP contribution is 2.23. The molecule has 4 aromatic rings. The van der Waals surface area contributed by atoms with E-state index in [9.17, 15) is 14.0 Å². The number of halogens is 1. The topological polar surface area (TPSA) is 61.2 Å². The monoisotopic (exact) mass is 420 g/mol. The van der Waals surface area contributed by atoms with Gasteiger partial charge in [-0.05, 0) is 48.5 Å². The van der Waals surface area contributed by atoms with E-state index < -0.39 is 5.82 Å². The molecule has 0 atom stereocenters. The van der Waals surface area contributed by atoms with Crippen molar-refractivity contribution in [2.75, 3.05) is 12.9 Å². The van der Waals surface area contributed by atoms with Gasteiger partial charge in [0.2, 0.25) is 0 Å². The predicted molar refractivity (Wildman–Crippen MR) is 115 cm³/mol. The number of aromatic nitrogens is 2. The lowest BCUT2D eigenvalue weighted by Gasteiger charge is -2.13. The molecule has 0 fully saturated rings. The summed E-state index contributed by atoms with van der Waals surface area (Å²) >= 11 is 1.16. The number of hydrogen-bond acceptors (Lipinski definition) is 5. The molecule has 0 aliphatic carbocycles. The fraction of sp³-hybridized carbons (Fsp3) is 0.0870. The molecule has 150 valence electrons. The van der Waals surface area contributed by atoms with E-state index in [4.69, 9.17) is 4.74 Å². The molecule has 3 aromatic carbocycles. The summed E-state index contributed by atoms with van der Waals surface area (Å²) in [5.74, 6) is 0.159. The third-order valence-corrected chi connectivity index (χ3v) is 5.49. The summed E-state index contributed by atoms with van der Waals surface area (Å²) in [5.41, 5.74) is 1.26. The van der Waals surface area contributed by atoms with Gasteiger partial charge in [0.1, 0.15) is 11.6 Å². The first-order chi connectivity index (χ1) is 14.6. The van der Waals surface area contributed by atoms with Crippen molar-refractivity contribution in [1.29, 1.82) is 0 Å². The third kappa shape index (κ3) is 3.97. The molecule has 4 rings (SSSR count). The quantitative estimate of drug-likeness (QED) is 0.261. The van der Waals surface area contributed by atoms with E-state index in [0.29, 0.717) is 33.1 Å². The second kappa shape index (κ2) is 8.51. The van der Waals surface area contributed by atoms with Crippen molar-refractivity contribution >= 4 is 28.4 Å². The van der Waals surface area contributed by atoms with Gasteiger partial charge in [-0.1, -0.05) is 36.0 Å². The van der Waals surface area contributed by atoms with Gasteiger partial charge in [-0.3, -0.25) is 14.2 Å². The Bertz CT molecular complexity index is 1290. The Morgan fingerprint density at radius 2 is 1.83 bits per heavy atom. The second-order valence-corrected chi connectivity index (χ2v) is 7.41. The molecule has 0 saturated heterocycles. The average molecular weight is 420 g/mol. The average Bonchev–Trinajstić information content (AvgIpc) is 2.78. The van der Waals surface area contributed by atoms with E-state index in [1.807, 2.05) is 0 Å². The molecule has 0 aliphatic heterocycles. The Morgan fingerprint density at radius 3 is 2.60 bits per heavy atom. The van der Waals surface area contributed by atoms with E-state index in [0.717, 1.165) is 11.8 Å². The van der Waals surface area contributed by atoms with Crippen molar-refractivity contribution < 1.29 is 13.9 Å². The number of carbonyl (C=O) groups is 1. The van der Waals surface area contributed by atoms with Crippen molar-refractivity contribution in [3.05, 3.63) is 94.5 Å². The Labute approximate surface area is 176 Å². The fourth-order valence-electron chi connectivity index (χ4n) is 3.04. The molecule has 1 heterocycles. The van der Waals surface area contributed by atoms with Gasteiger partial charge in [0.05, 0.1) is 29.5 Å². The van der Waals surface area contributed by atoms with Gasteiger partial charge in [-0.25, -0.2) is 9.37 Å². The standard InChI is InChI=1S/C23H17FN2O3S/c1-29-18-6-4-5-15(13-18)21(27)14-30-23-25-20-8-3-2-7-19(20)22(28)26(23)17-11-9-16(24)10-12-17/h2-13H,14H2,1H3. The van der Waals surface area contributed by atoms with Gasteiger partial charge in [-0.2, -0.15) is 0 Å². The molecular formula is C23H17FN2O3S. The highest BCUT2D eigenvalue weighted by molar-refractivity contribution is 7.99. The predicted octanol–water partition coefficient (Wildman–Crippen LogP) is 4.51. The molecule has 0 saturated carbocycles. The molecule has 0 unspecified atom stereocenters. The minimum absolute atomic E-state index is 0.0825. The minimum Gasteiger partial charge on any atom is -0.497 e. The maximum absolute atomic E-state index is 13.4. The van der Waals surface area contributed by atoms with Crippen LogP contribution in [0.5, 0.6) is 5.75 Å². The van der Waals surface area contributed by atoms with Crippen LogP contribution >= 0.6 is 11.8 Å². The van der Waals surface area contributed by atoms with E-state index in [2.05, 4.69) is 4.98 Å². The summed E-state index contributed by atoms with van der Waals surface area (Å²) in [7, 11) is 1.54. The van der Waals surface area contributed by atoms with Crippen LogP contribution in [0.15, 0.2) is 82.7 Å². The highest BCUT2D eigenvalue weighted by atomic mass is 32.2. The number of Topliss-reactive ketones (excluding diaryl/α,β-unsaturated/α-hetero) is 1. The number of methoxy groups -OCH3 is 1. The van der Waals surface area contributed by atoms with Crippen LogP contribution in [0, 0.1) is 5.82 Å². The zero-order valence-electron chi connectivity index (χ0n) is 16.0. The van der Waals surface area contributed by atoms with Crippen LogP contribution in [0.4, 0.5) is 4.39 Å². The van der Waals surface area contributed by atoms with E-state index >= 15 is 0 Å². The van der Waals surface area contributed by atoms with Crippen LogP contribution in [-0.2, 0) is 0 Å². The fourth-order valence-corrected chi connectivity index (χ4v) is 3.94.